The van der Waals surface area contributed by atoms with Crippen LogP contribution in [-0.2, 0) is 0 Å². The Kier molecular flexibility index (Phi) is 8.51. The summed E-state index contributed by atoms with van der Waals surface area (Å²) in [6.07, 6.45) is 1.48. The zero-order chi connectivity index (χ0) is 16.4. The molecule has 0 aliphatic rings. The molecule has 6 nitrogen and oxygen atoms in total. The molecule has 0 aliphatic carbocycles. The Hall–Kier alpha value is -1.62. The summed E-state index contributed by atoms with van der Waals surface area (Å²) in [4.78, 5) is 16.3. The average molecular weight is 325 g/mol. The van der Waals surface area contributed by atoms with Crippen LogP contribution in [0.5, 0.6) is 5.19 Å². The third kappa shape index (κ3) is 7.41. The molecule has 0 saturated carbocycles. The molecule has 1 amide bonds. The van der Waals surface area contributed by atoms with Crippen molar-refractivity contribution >= 4 is 17.2 Å². The number of nitrogens with one attached hydrogen (secondary N) is 2. The molecule has 0 aliphatic heterocycles. The standard InChI is InChI=1S/C15H23N3O3S/c1-4-5-6-7-16-14(20)13-9-18-15(22-13)21-10-12(19)8-17-11(2)3/h9,11-12,17,19H,6-8,10H2,1-3H3,(H,16,20). The van der Waals surface area contributed by atoms with Crippen molar-refractivity contribution in [1.29, 1.82) is 0 Å². The summed E-state index contributed by atoms with van der Waals surface area (Å²) < 4.78 is 5.39. The number of hydrogen-bond acceptors (Lipinski definition) is 6. The van der Waals surface area contributed by atoms with Gasteiger partial charge in [-0.25, -0.2) is 4.98 Å². The van der Waals surface area contributed by atoms with Gasteiger partial charge in [-0.3, -0.25) is 4.79 Å². The molecule has 0 spiro atoms. The summed E-state index contributed by atoms with van der Waals surface area (Å²) in [5, 5.41) is 16.0. The molecule has 0 saturated heterocycles. The fourth-order valence-electron chi connectivity index (χ4n) is 1.48. The van der Waals surface area contributed by atoms with Crippen molar-refractivity contribution in [3.8, 4) is 17.0 Å². The summed E-state index contributed by atoms with van der Waals surface area (Å²) in [6.45, 7) is 6.87. The molecule has 22 heavy (non-hydrogen) atoms. The number of carbonyl (C=O) groups excluding carboxylic acids is 1. The number of aliphatic hydroxyl groups is 1. The van der Waals surface area contributed by atoms with Crippen LogP contribution in [0.4, 0.5) is 0 Å². The number of hydrogen-bond donors (Lipinski definition) is 3. The molecule has 0 aromatic carbocycles. The van der Waals surface area contributed by atoms with Crippen LogP contribution in [-0.4, -0.2) is 47.8 Å². The molecule has 1 unspecified atom stereocenters. The molecule has 1 heterocycles. The Morgan fingerprint density at radius 2 is 2.32 bits per heavy atom. The van der Waals surface area contributed by atoms with Crippen LogP contribution < -0.4 is 15.4 Å². The van der Waals surface area contributed by atoms with Gasteiger partial charge in [-0.2, -0.15) is 0 Å². The highest BCUT2D eigenvalue weighted by atomic mass is 32.1. The fraction of sp³-hybridized carbons (Fsp3) is 0.600. The van der Waals surface area contributed by atoms with Gasteiger partial charge in [0, 0.05) is 25.6 Å². The van der Waals surface area contributed by atoms with Gasteiger partial charge >= 0.3 is 0 Å². The van der Waals surface area contributed by atoms with E-state index < -0.39 is 6.10 Å². The van der Waals surface area contributed by atoms with Gasteiger partial charge in [0.05, 0.1) is 6.20 Å². The van der Waals surface area contributed by atoms with E-state index in [9.17, 15) is 9.90 Å². The average Bonchev–Trinajstić information content (AvgIpc) is 2.96. The van der Waals surface area contributed by atoms with Crippen LogP contribution in [0.25, 0.3) is 0 Å². The predicted molar refractivity (Wildman–Crippen MR) is 87.2 cm³/mol. The lowest BCUT2D eigenvalue weighted by Crippen LogP contribution is -2.35. The van der Waals surface area contributed by atoms with E-state index in [1.54, 1.807) is 6.92 Å². The van der Waals surface area contributed by atoms with Gasteiger partial charge in [-0.1, -0.05) is 25.2 Å². The Morgan fingerprint density at radius 3 is 3.00 bits per heavy atom. The third-order valence-corrected chi connectivity index (χ3v) is 3.49. The van der Waals surface area contributed by atoms with Gasteiger partial charge in [-0.05, 0) is 6.92 Å². The second kappa shape index (κ2) is 10.2. The molecule has 122 valence electrons. The smallest absolute Gasteiger partial charge is 0.273 e. The third-order valence-electron chi connectivity index (χ3n) is 2.58. The number of carbonyl (C=O) groups is 1. The number of aliphatic hydroxyl groups excluding tert-OH is 1. The summed E-state index contributed by atoms with van der Waals surface area (Å²) >= 11 is 1.16. The lowest BCUT2D eigenvalue weighted by molar-refractivity contribution is 0.0958. The SMILES string of the molecule is CC#CCCNC(=O)c1cnc(OCC(O)CNC(C)C)s1. The highest BCUT2D eigenvalue weighted by molar-refractivity contribution is 7.15. The maximum absolute atomic E-state index is 11.8. The molecule has 1 rings (SSSR count). The Balaban J connectivity index is 2.33. The van der Waals surface area contributed by atoms with Crippen molar-refractivity contribution < 1.29 is 14.6 Å². The molecule has 0 fully saturated rings. The highest BCUT2D eigenvalue weighted by Crippen LogP contribution is 2.20. The van der Waals surface area contributed by atoms with Crippen LogP contribution in [0, 0.1) is 11.8 Å². The van der Waals surface area contributed by atoms with E-state index in [0.717, 1.165) is 11.3 Å². The van der Waals surface area contributed by atoms with E-state index in [2.05, 4.69) is 27.5 Å². The van der Waals surface area contributed by atoms with Crippen LogP contribution in [0.1, 0.15) is 36.9 Å². The van der Waals surface area contributed by atoms with Crippen molar-refractivity contribution in [1.82, 2.24) is 15.6 Å². The number of ether oxygens (including phenoxy) is 1. The van der Waals surface area contributed by atoms with Gasteiger partial charge in [0.15, 0.2) is 0 Å². The number of rotatable bonds is 9. The predicted octanol–water partition coefficient (Wildman–Crippen LogP) is 1.02. The first-order valence-corrected chi connectivity index (χ1v) is 8.02. The van der Waals surface area contributed by atoms with E-state index in [4.69, 9.17) is 4.74 Å². The largest absolute Gasteiger partial charge is 0.467 e. The lowest BCUT2D eigenvalue weighted by Gasteiger charge is -2.13. The number of aromatic nitrogens is 1. The highest BCUT2D eigenvalue weighted by Gasteiger charge is 2.12. The molecule has 1 aromatic heterocycles. The van der Waals surface area contributed by atoms with Gasteiger partial charge in [0.1, 0.15) is 17.6 Å². The van der Waals surface area contributed by atoms with E-state index in [1.807, 2.05) is 13.8 Å². The van der Waals surface area contributed by atoms with Crippen molar-refractivity contribution in [2.45, 2.75) is 39.3 Å². The normalized spacial score (nSPS) is 11.7. The Bertz CT molecular complexity index is 520. The molecule has 1 aromatic rings. The minimum atomic E-state index is -0.615. The maximum atomic E-state index is 11.8. The number of amides is 1. The van der Waals surface area contributed by atoms with E-state index in [1.165, 1.54) is 6.20 Å². The van der Waals surface area contributed by atoms with E-state index >= 15 is 0 Å². The van der Waals surface area contributed by atoms with Crippen LogP contribution in [0.3, 0.4) is 0 Å². The topological polar surface area (TPSA) is 83.5 Å². The molecule has 7 heteroatoms. The molecule has 3 N–H and O–H groups in total. The van der Waals surface area contributed by atoms with Crippen molar-refractivity contribution in [2.24, 2.45) is 0 Å². The summed E-state index contributed by atoms with van der Waals surface area (Å²) in [6, 6.07) is 0.308. The molecular formula is C15H23N3O3S. The van der Waals surface area contributed by atoms with Crippen molar-refractivity contribution in [3.05, 3.63) is 11.1 Å². The second-order valence-electron chi connectivity index (χ2n) is 4.95. The van der Waals surface area contributed by atoms with E-state index in [0.29, 0.717) is 35.6 Å². The fourth-order valence-corrected chi connectivity index (χ4v) is 2.17. The first kappa shape index (κ1) is 18.4. The minimum absolute atomic E-state index is 0.139. The van der Waals surface area contributed by atoms with Crippen molar-refractivity contribution in [3.63, 3.8) is 0 Å². The molecule has 0 radical (unpaired) electrons. The van der Waals surface area contributed by atoms with Crippen LogP contribution >= 0.6 is 11.3 Å². The monoisotopic (exact) mass is 325 g/mol. The first-order chi connectivity index (χ1) is 10.5. The van der Waals surface area contributed by atoms with Gasteiger partial charge in [0.25, 0.3) is 11.1 Å². The van der Waals surface area contributed by atoms with Crippen molar-refractivity contribution in [2.75, 3.05) is 19.7 Å². The van der Waals surface area contributed by atoms with Gasteiger partial charge < -0.3 is 20.5 Å². The molecule has 1 atom stereocenters. The Labute approximate surface area is 135 Å². The zero-order valence-corrected chi connectivity index (χ0v) is 14.0. The second-order valence-corrected chi connectivity index (χ2v) is 5.94. The lowest BCUT2D eigenvalue weighted by atomic mass is 10.3. The van der Waals surface area contributed by atoms with Crippen LogP contribution in [0.15, 0.2) is 6.20 Å². The number of nitrogens with zero attached hydrogens (tertiary/aromatic N) is 1. The van der Waals surface area contributed by atoms with E-state index in [-0.39, 0.29) is 12.5 Å². The van der Waals surface area contributed by atoms with Gasteiger partial charge in [-0.15, -0.1) is 11.8 Å². The minimum Gasteiger partial charge on any atom is -0.467 e. The first-order valence-electron chi connectivity index (χ1n) is 7.20. The van der Waals surface area contributed by atoms with Crippen LogP contribution in [0.2, 0.25) is 0 Å². The summed E-state index contributed by atoms with van der Waals surface area (Å²) in [5.74, 6) is 5.46. The maximum Gasteiger partial charge on any atom is 0.273 e. The molecule has 0 bridgehead atoms. The summed E-state index contributed by atoms with van der Waals surface area (Å²) in [7, 11) is 0. The zero-order valence-electron chi connectivity index (χ0n) is 13.2. The molecular weight excluding hydrogens is 302 g/mol. The quantitative estimate of drug-likeness (QED) is 0.466. The Morgan fingerprint density at radius 1 is 1.55 bits per heavy atom. The van der Waals surface area contributed by atoms with Gasteiger partial charge in [0.2, 0.25) is 0 Å². The summed E-state index contributed by atoms with van der Waals surface area (Å²) in [5.41, 5.74) is 0. The number of thiazole rings is 1.